The van der Waals surface area contributed by atoms with Crippen molar-refractivity contribution < 1.29 is 24.2 Å². The first-order valence-corrected chi connectivity index (χ1v) is 8.19. The van der Waals surface area contributed by atoms with Crippen LogP contribution >= 0.6 is 12.2 Å². The number of hydrogen-bond donors (Lipinski definition) is 3. The summed E-state index contributed by atoms with van der Waals surface area (Å²) in [4.78, 5) is 43.8. The van der Waals surface area contributed by atoms with E-state index in [0.29, 0.717) is 0 Å². The summed E-state index contributed by atoms with van der Waals surface area (Å²) < 4.78 is 5.16. The molecule has 0 saturated carbocycles. The number of rotatable bonds is 6. The zero-order valence-corrected chi connectivity index (χ0v) is 15.3. The van der Waals surface area contributed by atoms with E-state index in [4.69, 9.17) is 17.0 Å². The number of benzene rings is 2. The van der Waals surface area contributed by atoms with Crippen molar-refractivity contribution in [1.82, 2.24) is 16.2 Å². The van der Waals surface area contributed by atoms with Crippen molar-refractivity contribution in [3.05, 3.63) is 74.3 Å². The predicted octanol–water partition coefficient (Wildman–Crippen LogP) is 1.22. The summed E-state index contributed by atoms with van der Waals surface area (Å²) in [5.74, 6) is -1.11. The number of nitrogens with zero attached hydrogens (tertiary/aromatic N) is 2. The van der Waals surface area contributed by atoms with Gasteiger partial charge in [0.1, 0.15) is 5.75 Å². The van der Waals surface area contributed by atoms with Gasteiger partial charge in [-0.3, -0.25) is 46.0 Å². The highest BCUT2D eigenvalue weighted by molar-refractivity contribution is 7.80. The molecule has 0 atom stereocenters. The second-order valence-electron chi connectivity index (χ2n) is 5.30. The molecule has 2 amide bonds. The number of carbonyl (C=O) groups excluding carboxylic acids is 2. The number of nitrogens with one attached hydrogen (secondary N) is 3. The molecule has 3 N–H and O–H groups in total. The maximum atomic E-state index is 12.0. The summed E-state index contributed by atoms with van der Waals surface area (Å²) in [5.41, 5.74) is 4.11. The summed E-state index contributed by atoms with van der Waals surface area (Å²) in [5, 5.41) is 23.3. The van der Waals surface area contributed by atoms with Gasteiger partial charge in [-0.1, -0.05) is 6.07 Å². The molecule has 0 bridgehead atoms. The number of non-ortho nitro benzene ring substituents is 2. The summed E-state index contributed by atoms with van der Waals surface area (Å²) in [6, 6.07) is 10.2. The van der Waals surface area contributed by atoms with Gasteiger partial charge in [-0.2, -0.15) is 0 Å². The zero-order chi connectivity index (χ0) is 21.4. The number of nitro groups is 2. The molecule has 0 radical (unpaired) electrons. The third-order valence-corrected chi connectivity index (χ3v) is 3.48. The van der Waals surface area contributed by atoms with Crippen molar-refractivity contribution in [2.75, 3.05) is 6.61 Å². The minimum Gasteiger partial charge on any atom is -0.484 e. The van der Waals surface area contributed by atoms with Crippen molar-refractivity contribution in [2.45, 2.75) is 0 Å². The third-order valence-electron chi connectivity index (χ3n) is 3.28. The van der Waals surface area contributed by atoms with Crippen LogP contribution in [0.4, 0.5) is 11.4 Å². The van der Waals surface area contributed by atoms with Crippen LogP contribution in [0.15, 0.2) is 48.5 Å². The fourth-order valence-electron chi connectivity index (χ4n) is 1.95. The van der Waals surface area contributed by atoms with E-state index in [1.807, 2.05) is 0 Å². The number of thiocarbonyl (C=S) groups is 1. The molecular formula is C16H13N5O7S. The van der Waals surface area contributed by atoms with Crippen molar-refractivity contribution >= 4 is 40.5 Å². The number of ether oxygens (including phenoxy) is 1. The second kappa shape index (κ2) is 9.70. The van der Waals surface area contributed by atoms with Crippen LogP contribution in [-0.4, -0.2) is 33.4 Å². The summed E-state index contributed by atoms with van der Waals surface area (Å²) in [7, 11) is 0. The Morgan fingerprint density at radius 2 is 1.62 bits per heavy atom. The lowest BCUT2D eigenvalue weighted by molar-refractivity contribution is -0.385. The van der Waals surface area contributed by atoms with E-state index >= 15 is 0 Å². The van der Waals surface area contributed by atoms with E-state index in [2.05, 4.69) is 16.2 Å². The van der Waals surface area contributed by atoms with E-state index in [9.17, 15) is 29.8 Å². The van der Waals surface area contributed by atoms with Gasteiger partial charge in [-0.25, -0.2) is 0 Å². The summed E-state index contributed by atoms with van der Waals surface area (Å²) in [6.45, 7) is -0.432. The highest BCUT2D eigenvalue weighted by Gasteiger charge is 2.12. The quantitative estimate of drug-likeness (QED) is 0.354. The molecule has 12 nitrogen and oxygen atoms in total. The lowest BCUT2D eigenvalue weighted by atomic mass is 10.2. The van der Waals surface area contributed by atoms with Crippen LogP contribution in [0, 0.1) is 20.2 Å². The molecule has 13 heteroatoms. The predicted molar refractivity (Wildman–Crippen MR) is 103 cm³/mol. The number of hydrogen-bond acceptors (Lipinski definition) is 8. The standard InChI is InChI=1S/C16H13N5O7S/c22-14(9-28-13-6-4-11(5-7-13)20(24)25)17-16(29)19-18-15(23)10-2-1-3-12(8-10)21(26)27/h1-8H,9H2,(H,18,23)(H2,17,19,22,29). The van der Waals surface area contributed by atoms with Crippen molar-refractivity contribution in [3.63, 3.8) is 0 Å². The topological polar surface area (TPSA) is 166 Å². The van der Waals surface area contributed by atoms with E-state index < -0.39 is 28.3 Å². The van der Waals surface area contributed by atoms with Gasteiger partial charge in [-0.05, 0) is 30.4 Å². The summed E-state index contributed by atoms with van der Waals surface area (Å²) in [6.07, 6.45) is 0. The molecule has 0 spiro atoms. The minimum atomic E-state index is -0.701. The van der Waals surface area contributed by atoms with E-state index in [-0.39, 0.29) is 27.8 Å². The Morgan fingerprint density at radius 1 is 0.966 bits per heavy atom. The van der Waals surface area contributed by atoms with Crippen LogP contribution in [0.5, 0.6) is 5.75 Å². The first-order valence-electron chi connectivity index (χ1n) is 7.78. The maximum absolute atomic E-state index is 12.0. The van der Waals surface area contributed by atoms with Crippen molar-refractivity contribution in [3.8, 4) is 5.75 Å². The average molecular weight is 419 g/mol. The largest absolute Gasteiger partial charge is 0.484 e. The van der Waals surface area contributed by atoms with Gasteiger partial charge in [0.05, 0.1) is 9.85 Å². The monoisotopic (exact) mass is 419 g/mol. The van der Waals surface area contributed by atoms with Gasteiger partial charge >= 0.3 is 0 Å². The molecule has 2 rings (SSSR count). The minimum absolute atomic E-state index is 0.0160. The maximum Gasteiger partial charge on any atom is 0.270 e. The molecule has 0 aliphatic carbocycles. The highest BCUT2D eigenvalue weighted by Crippen LogP contribution is 2.17. The Morgan fingerprint density at radius 3 is 2.24 bits per heavy atom. The van der Waals surface area contributed by atoms with Gasteiger partial charge in [0.25, 0.3) is 23.2 Å². The normalized spacial score (nSPS) is 9.79. The molecule has 29 heavy (non-hydrogen) atoms. The molecule has 150 valence electrons. The van der Waals surface area contributed by atoms with Gasteiger partial charge < -0.3 is 4.74 Å². The van der Waals surface area contributed by atoms with Crippen LogP contribution in [0.25, 0.3) is 0 Å². The Hall–Kier alpha value is -4.13. The van der Waals surface area contributed by atoms with Crippen LogP contribution in [0.3, 0.4) is 0 Å². The number of hydrazine groups is 1. The van der Waals surface area contributed by atoms with Gasteiger partial charge in [0.2, 0.25) is 0 Å². The lowest BCUT2D eigenvalue weighted by Crippen LogP contribution is -2.49. The Bertz CT molecular complexity index is 964. The fourth-order valence-corrected chi connectivity index (χ4v) is 2.12. The third kappa shape index (κ3) is 6.51. The molecule has 0 aliphatic heterocycles. The zero-order valence-electron chi connectivity index (χ0n) is 14.5. The lowest BCUT2D eigenvalue weighted by Gasteiger charge is -2.11. The molecule has 2 aromatic carbocycles. The second-order valence-corrected chi connectivity index (χ2v) is 5.71. The first-order chi connectivity index (χ1) is 13.8. The fraction of sp³-hybridized carbons (Fsp3) is 0.0625. The molecule has 2 aromatic rings. The smallest absolute Gasteiger partial charge is 0.270 e. The number of carbonyl (C=O) groups is 2. The average Bonchev–Trinajstić information content (AvgIpc) is 2.70. The van der Waals surface area contributed by atoms with Gasteiger partial charge in [0.15, 0.2) is 11.7 Å². The molecule has 0 fully saturated rings. The first kappa shape index (κ1) is 21.2. The van der Waals surface area contributed by atoms with E-state index in [1.165, 1.54) is 42.5 Å². The van der Waals surface area contributed by atoms with E-state index in [0.717, 1.165) is 6.07 Å². The van der Waals surface area contributed by atoms with Gasteiger partial charge in [0, 0.05) is 29.8 Å². The SMILES string of the molecule is O=C(COc1ccc([N+](=O)[O-])cc1)NC(=S)NNC(=O)c1cccc([N+](=O)[O-])c1. The molecule has 0 saturated heterocycles. The van der Waals surface area contributed by atoms with E-state index in [1.54, 1.807) is 0 Å². The van der Waals surface area contributed by atoms with Crippen LogP contribution in [0.1, 0.15) is 10.4 Å². The molecule has 0 unspecified atom stereocenters. The molecular weight excluding hydrogens is 406 g/mol. The van der Waals surface area contributed by atoms with Crippen molar-refractivity contribution in [2.24, 2.45) is 0 Å². The van der Waals surface area contributed by atoms with Crippen LogP contribution in [0.2, 0.25) is 0 Å². The Labute approximate surface area is 168 Å². The van der Waals surface area contributed by atoms with Crippen molar-refractivity contribution in [1.29, 1.82) is 0 Å². The van der Waals surface area contributed by atoms with Crippen LogP contribution < -0.4 is 20.9 Å². The number of amides is 2. The highest BCUT2D eigenvalue weighted by atomic mass is 32.1. The molecule has 0 heterocycles. The van der Waals surface area contributed by atoms with Crippen LogP contribution in [-0.2, 0) is 4.79 Å². The summed E-state index contributed by atoms with van der Waals surface area (Å²) >= 11 is 4.85. The Kier molecular flexibility index (Phi) is 7.08. The molecule has 0 aromatic heterocycles. The molecule has 0 aliphatic rings. The van der Waals surface area contributed by atoms with Gasteiger partial charge in [-0.15, -0.1) is 0 Å². The number of nitro benzene ring substituents is 2. The Balaban J connectivity index is 1.77.